The van der Waals surface area contributed by atoms with Crippen LogP contribution in [0.1, 0.15) is 28.2 Å². The molecular weight excluding hydrogens is 208 g/mol. The zero-order chi connectivity index (χ0) is 11.4. The standard InChI is InChI=1S/C11H10N2O3/c1-15-10(8-5-3-2-4-6-8)11-12-9(7-14)16-13-11/h2-7,10H,1H3. The monoisotopic (exact) mass is 218 g/mol. The Hall–Kier alpha value is -2.01. The number of benzene rings is 1. The minimum atomic E-state index is -0.418. The maximum atomic E-state index is 10.4. The zero-order valence-corrected chi connectivity index (χ0v) is 8.66. The van der Waals surface area contributed by atoms with E-state index in [4.69, 9.17) is 9.26 Å². The van der Waals surface area contributed by atoms with E-state index in [1.807, 2.05) is 30.3 Å². The van der Waals surface area contributed by atoms with E-state index < -0.39 is 6.10 Å². The Morgan fingerprint density at radius 1 is 1.38 bits per heavy atom. The van der Waals surface area contributed by atoms with Gasteiger partial charge >= 0.3 is 0 Å². The molecule has 2 rings (SSSR count). The number of aldehydes is 1. The Morgan fingerprint density at radius 2 is 2.12 bits per heavy atom. The third kappa shape index (κ3) is 1.99. The van der Waals surface area contributed by atoms with Crippen LogP contribution < -0.4 is 0 Å². The molecule has 0 amide bonds. The summed E-state index contributed by atoms with van der Waals surface area (Å²) in [5, 5.41) is 3.69. The number of hydrogen-bond donors (Lipinski definition) is 0. The maximum Gasteiger partial charge on any atom is 0.290 e. The second-order valence-corrected chi connectivity index (χ2v) is 3.14. The molecule has 0 saturated carbocycles. The predicted octanol–water partition coefficient (Wildman–Crippen LogP) is 1.62. The smallest absolute Gasteiger partial charge is 0.290 e. The lowest BCUT2D eigenvalue weighted by Gasteiger charge is -2.10. The molecule has 0 aliphatic carbocycles. The van der Waals surface area contributed by atoms with Crippen molar-refractivity contribution in [1.29, 1.82) is 0 Å². The van der Waals surface area contributed by atoms with E-state index in [1.54, 1.807) is 7.11 Å². The minimum absolute atomic E-state index is 0.0482. The summed E-state index contributed by atoms with van der Waals surface area (Å²) >= 11 is 0. The molecule has 1 atom stereocenters. The van der Waals surface area contributed by atoms with Crippen LogP contribution in [0.25, 0.3) is 0 Å². The topological polar surface area (TPSA) is 65.2 Å². The van der Waals surface area contributed by atoms with Crippen molar-refractivity contribution in [2.24, 2.45) is 0 Å². The van der Waals surface area contributed by atoms with E-state index in [-0.39, 0.29) is 5.89 Å². The summed E-state index contributed by atoms with van der Waals surface area (Å²) in [6, 6.07) is 9.48. The van der Waals surface area contributed by atoms with Crippen LogP contribution in [0.5, 0.6) is 0 Å². The Bertz CT molecular complexity index is 467. The highest BCUT2D eigenvalue weighted by atomic mass is 16.5. The molecular formula is C11H10N2O3. The number of carbonyl (C=O) groups excluding carboxylic acids is 1. The van der Waals surface area contributed by atoms with Gasteiger partial charge in [0.15, 0.2) is 0 Å². The number of ether oxygens (including phenoxy) is 1. The Morgan fingerprint density at radius 3 is 2.69 bits per heavy atom. The van der Waals surface area contributed by atoms with Crippen molar-refractivity contribution < 1.29 is 14.1 Å². The first kappa shape index (κ1) is 10.5. The van der Waals surface area contributed by atoms with E-state index >= 15 is 0 Å². The molecule has 82 valence electrons. The van der Waals surface area contributed by atoms with Gasteiger partial charge in [-0.3, -0.25) is 4.79 Å². The molecule has 1 unspecified atom stereocenters. The van der Waals surface area contributed by atoms with Gasteiger partial charge in [0.2, 0.25) is 12.1 Å². The zero-order valence-electron chi connectivity index (χ0n) is 8.66. The first-order valence-electron chi connectivity index (χ1n) is 4.71. The molecule has 5 nitrogen and oxygen atoms in total. The average Bonchev–Trinajstić information content (AvgIpc) is 2.80. The molecule has 1 aromatic heterocycles. The fourth-order valence-corrected chi connectivity index (χ4v) is 1.42. The van der Waals surface area contributed by atoms with Crippen molar-refractivity contribution >= 4 is 6.29 Å². The second-order valence-electron chi connectivity index (χ2n) is 3.14. The lowest BCUT2D eigenvalue weighted by atomic mass is 10.1. The van der Waals surface area contributed by atoms with Gasteiger partial charge in [0.25, 0.3) is 5.89 Å². The molecule has 0 saturated heterocycles. The molecule has 0 radical (unpaired) electrons. The van der Waals surface area contributed by atoms with Crippen LogP contribution in [-0.2, 0) is 4.74 Å². The van der Waals surface area contributed by atoms with Crippen molar-refractivity contribution in [2.45, 2.75) is 6.10 Å². The number of carbonyl (C=O) groups is 1. The average molecular weight is 218 g/mol. The summed E-state index contributed by atoms with van der Waals surface area (Å²) in [6.45, 7) is 0. The second kappa shape index (κ2) is 4.67. The molecule has 5 heteroatoms. The lowest BCUT2D eigenvalue weighted by molar-refractivity contribution is 0.108. The largest absolute Gasteiger partial charge is 0.369 e. The summed E-state index contributed by atoms with van der Waals surface area (Å²) in [6.07, 6.45) is 0.0902. The van der Waals surface area contributed by atoms with Crippen molar-refractivity contribution in [1.82, 2.24) is 10.1 Å². The van der Waals surface area contributed by atoms with Crippen LogP contribution in [0.2, 0.25) is 0 Å². The van der Waals surface area contributed by atoms with Crippen molar-refractivity contribution in [3.63, 3.8) is 0 Å². The van der Waals surface area contributed by atoms with Crippen LogP contribution in [0.15, 0.2) is 34.9 Å². The van der Waals surface area contributed by atoms with Crippen LogP contribution >= 0.6 is 0 Å². The van der Waals surface area contributed by atoms with E-state index in [1.165, 1.54) is 0 Å². The highest BCUT2D eigenvalue weighted by Crippen LogP contribution is 2.22. The maximum absolute atomic E-state index is 10.4. The van der Waals surface area contributed by atoms with Gasteiger partial charge in [-0.15, -0.1) is 0 Å². The Balaban J connectivity index is 2.32. The quantitative estimate of drug-likeness (QED) is 0.729. The highest BCUT2D eigenvalue weighted by molar-refractivity contribution is 5.67. The third-order valence-electron chi connectivity index (χ3n) is 2.13. The van der Waals surface area contributed by atoms with Gasteiger partial charge in [-0.2, -0.15) is 4.98 Å². The van der Waals surface area contributed by atoms with E-state index in [2.05, 4.69) is 10.1 Å². The summed E-state index contributed by atoms with van der Waals surface area (Å²) < 4.78 is 9.99. The fraction of sp³-hybridized carbons (Fsp3) is 0.182. The van der Waals surface area contributed by atoms with Gasteiger partial charge < -0.3 is 9.26 Å². The number of rotatable bonds is 4. The highest BCUT2D eigenvalue weighted by Gasteiger charge is 2.19. The molecule has 1 heterocycles. The molecule has 0 N–H and O–H groups in total. The predicted molar refractivity (Wildman–Crippen MR) is 55.0 cm³/mol. The molecule has 0 bridgehead atoms. The van der Waals surface area contributed by atoms with Crippen molar-refractivity contribution in [3.8, 4) is 0 Å². The van der Waals surface area contributed by atoms with Crippen LogP contribution in [0, 0.1) is 0 Å². The van der Waals surface area contributed by atoms with Gasteiger partial charge in [-0.05, 0) is 5.56 Å². The van der Waals surface area contributed by atoms with Gasteiger partial charge in [0.05, 0.1) is 0 Å². The summed E-state index contributed by atoms with van der Waals surface area (Å²) in [5.74, 6) is 0.295. The van der Waals surface area contributed by atoms with E-state index in [9.17, 15) is 4.79 Å². The lowest BCUT2D eigenvalue weighted by Crippen LogP contribution is -2.05. The van der Waals surface area contributed by atoms with Gasteiger partial charge in [-0.25, -0.2) is 0 Å². The normalized spacial score (nSPS) is 12.3. The summed E-state index contributed by atoms with van der Waals surface area (Å²) in [5.41, 5.74) is 0.906. The molecule has 0 aliphatic rings. The Kier molecular flexibility index (Phi) is 3.07. The summed E-state index contributed by atoms with van der Waals surface area (Å²) in [4.78, 5) is 14.3. The molecule has 0 fully saturated rings. The van der Waals surface area contributed by atoms with Crippen LogP contribution in [-0.4, -0.2) is 23.5 Å². The minimum Gasteiger partial charge on any atom is -0.369 e. The van der Waals surface area contributed by atoms with Crippen LogP contribution in [0.3, 0.4) is 0 Å². The summed E-state index contributed by atoms with van der Waals surface area (Å²) in [7, 11) is 1.55. The van der Waals surface area contributed by atoms with E-state index in [0.717, 1.165) is 5.56 Å². The van der Waals surface area contributed by atoms with Gasteiger partial charge in [0, 0.05) is 7.11 Å². The number of nitrogens with zero attached hydrogens (tertiary/aromatic N) is 2. The SMILES string of the molecule is COC(c1ccccc1)c1noc(C=O)n1. The third-order valence-corrected chi connectivity index (χ3v) is 2.13. The van der Waals surface area contributed by atoms with Crippen molar-refractivity contribution in [3.05, 3.63) is 47.6 Å². The Labute approximate surface area is 92.0 Å². The molecule has 16 heavy (non-hydrogen) atoms. The fourth-order valence-electron chi connectivity index (χ4n) is 1.42. The first-order valence-corrected chi connectivity index (χ1v) is 4.71. The molecule has 2 aromatic rings. The molecule has 0 spiro atoms. The number of methoxy groups -OCH3 is 1. The van der Waals surface area contributed by atoms with Crippen LogP contribution in [0.4, 0.5) is 0 Å². The first-order chi connectivity index (χ1) is 7.85. The van der Waals surface area contributed by atoms with Gasteiger partial charge in [-0.1, -0.05) is 35.5 Å². The molecule has 0 aliphatic heterocycles. The number of aromatic nitrogens is 2. The van der Waals surface area contributed by atoms with Crippen molar-refractivity contribution in [2.75, 3.05) is 7.11 Å². The van der Waals surface area contributed by atoms with E-state index in [0.29, 0.717) is 12.1 Å². The van der Waals surface area contributed by atoms with Gasteiger partial charge in [0.1, 0.15) is 6.10 Å². The molecule has 1 aromatic carbocycles. The number of hydrogen-bond acceptors (Lipinski definition) is 5.